The summed E-state index contributed by atoms with van der Waals surface area (Å²) in [6, 6.07) is 14.0. The molecule has 3 rings (SSSR count). The first-order valence-electron chi connectivity index (χ1n) is 9.73. The van der Waals surface area contributed by atoms with Crippen molar-refractivity contribution in [1.82, 2.24) is 4.90 Å². The maximum Gasteiger partial charge on any atom is 0.329 e. The van der Waals surface area contributed by atoms with Crippen LogP contribution in [0.25, 0.3) is 6.08 Å². The number of hydrogen-bond acceptors (Lipinski definition) is 7. The molecule has 1 heterocycles. The minimum absolute atomic E-state index is 0.173. The summed E-state index contributed by atoms with van der Waals surface area (Å²) in [6.07, 6.45) is 1.59. The number of nitrogens with zero attached hydrogens (tertiary/aromatic N) is 1. The minimum Gasteiger partial charge on any atom is -0.493 e. The lowest BCUT2D eigenvalue weighted by molar-refractivity contribution is -0.150. The molecule has 0 unspecified atom stereocenters. The largest absolute Gasteiger partial charge is 0.493 e. The van der Waals surface area contributed by atoms with E-state index in [1.165, 1.54) is 6.92 Å². The molecule has 0 bridgehead atoms. The molecule has 7 nitrogen and oxygen atoms in total. The number of methoxy groups -OCH3 is 1. The number of ether oxygens (including phenoxy) is 3. The maximum absolute atomic E-state index is 12.7. The summed E-state index contributed by atoms with van der Waals surface area (Å²) in [5.74, 6) is -0.0819. The van der Waals surface area contributed by atoms with Crippen molar-refractivity contribution < 1.29 is 28.6 Å². The molecule has 2 amide bonds. The summed E-state index contributed by atoms with van der Waals surface area (Å²) in [7, 11) is 1.55. The Bertz CT molecular complexity index is 1000. The average molecular weight is 442 g/mol. The monoisotopic (exact) mass is 441 g/mol. The van der Waals surface area contributed by atoms with Crippen molar-refractivity contribution in [3.05, 3.63) is 64.6 Å². The SMILES string of the molecule is CCOC(=O)[C@H](C)N1C(=O)S/C(=C/c2ccc(OC)c(OCc3ccccc3)c2)C1=O. The van der Waals surface area contributed by atoms with Gasteiger partial charge in [-0.25, -0.2) is 4.79 Å². The van der Waals surface area contributed by atoms with E-state index in [9.17, 15) is 14.4 Å². The molecule has 31 heavy (non-hydrogen) atoms. The highest BCUT2D eigenvalue weighted by atomic mass is 32.2. The first-order chi connectivity index (χ1) is 14.9. The van der Waals surface area contributed by atoms with E-state index in [0.717, 1.165) is 22.2 Å². The zero-order chi connectivity index (χ0) is 22.4. The van der Waals surface area contributed by atoms with Crippen molar-refractivity contribution in [2.75, 3.05) is 13.7 Å². The van der Waals surface area contributed by atoms with Gasteiger partial charge in [-0.1, -0.05) is 36.4 Å². The van der Waals surface area contributed by atoms with Gasteiger partial charge in [0.05, 0.1) is 18.6 Å². The zero-order valence-electron chi connectivity index (χ0n) is 17.5. The van der Waals surface area contributed by atoms with Gasteiger partial charge in [0.25, 0.3) is 11.1 Å². The van der Waals surface area contributed by atoms with Crippen LogP contribution in [-0.2, 0) is 20.9 Å². The standard InChI is InChI=1S/C23H23NO6S/c1-4-29-22(26)15(2)24-21(25)20(31-23(24)27)13-17-10-11-18(28-3)19(12-17)30-14-16-8-6-5-7-9-16/h5-13,15H,4,14H2,1-3H3/b20-13+/t15-/m0/s1. The summed E-state index contributed by atoms with van der Waals surface area (Å²) in [5, 5.41) is -0.508. The molecule has 1 aliphatic heterocycles. The Labute approximate surface area is 185 Å². The lowest BCUT2D eigenvalue weighted by Crippen LogP contribution is -2.42. The van der Waals surface area contributed by atoms with Crippen LogP contribution >= 0.6 is 11.8 Å². The molecule has 1 aliphatic rings. The van der Waals surface area contributed by atoms with E-state index in [1.54, 1.807) is 38.3 Å². The van der Waals surface area contributed by atoms with Gasteiger partial charge in [0.15, 0.2) is 11.5 Å². The fourth-order valence-electron chi connectivity index (χ4n) is 2.96. The number of esters is 1. The third-order valence-corrected chi connectivity index (χ3v) is 5.44. The molecule has 2 aromatic carbocycles. The summed E-state index contributed by atoms with van der Waals surface area (Å²) in [4.78, 5) is 38.2. The van der Waals surface area contributed by atoms with Gasteiger partial charge in [-0.05, 0) is 54.9 Å². The van der Waals surface area contributed by atoms with Crippen molar-refractivity contribution >= 4 is 35.0 Å². The van der Waals surface area contributed by atoms with Crippen LogP contribution in [0.5, 0.6) is 11.5 Å². The number of imide groups is 1. The van der Waals surface area contributed by atoms with E-state index in [1.807, 2.05) is 30.3 Å². The third kappa shape index (κ3) is 5.27. The number of hydrogen-bond donors (Lipinski definition) is 0. The normalized spacial score (nSPS) is 15.8. The molecule has 1 atom stereocenters. The molecular weight excluding hydrogens is 418 g/mol. The van der Waals surface area contributed by atoms with Crippen LogP contribution in [0.2, 0.25) is 0 Å². The van der Waals surface area contributed by atoms with Gasteiger partial charge >= 0.3 is 5.97 Å². The van der Waals surface area contributed by atoms with Crippen LogP contribution in [0, 0.1) is 0 Å². The van der Waals surface area contributed by atoms with E-state index >= 15 is 0 Å². The number of carbonyl (C=O) groups excluding carboxylic acids is 3. The quantitative estimate of drug-likeness (QED) is 0.447. The Kier molecular flexibility index (Phi) is 7.36. The predicted molar refractivity (Wildman–Crippen MR) is 118 cm³/mol. The predicted octanol–water partition coefficient (Wildman–Crippen LogP) is 4.26. The highest BCUT2D eigenvalue weighted by molar-refractivity contribution is 8.18. The van der Waals surface area contributed by atoms with Crippen molar-refractivity contribution in [1.29, 1.82) is 0 Å². The first-order valence-corrected chi connectivity index (χ1v) is 10.5. The highest BCUT2D eigenvalue weighted by Crippen LogP contribution is 2.35. The molecule has 162 valence electrons. The molecule has 0 aliphatic carbocycles. The maximum atomic E-state index is 12.7. The Balaban J connectivity index is 1.80. The van der Waals surface area contributed by atoms with E-state index in [2.05, 4.69) is 0 Å². The van der Waals surface area contributed by atoms with E-state index in [-0.39, 0.29) is 11.5 Å². The smallest absolute Gasteiger partial charge is 0.329 e. The number of carbonyl (C=O) groups is 3. The Morgan fingerprint density at radius 1 is 1.13 bits per heavy atom. The van der Waals surface area contributed by atoms with Gasteiger partial charge in [0, 0.05) is 0 Å². The molecule has 0 radical (unpaired) electrons. The van der Waals surface area contributed by atoms with Crippen LogP contribution < -0.4 is 9.47 Å². The fourth-order valence-corrected chi connectivity index (χ4v) is 3.87. The Morgan fingerprint density at radius 2 is 1.87 bits per heavy atom. The van der Waals surface area contributed by atoms with Gasteiger partial charge in [-0.15, -0.1) is 0 Å². The summed E-state index contributed by atoms with van der Waals surface area (Å²) >= 11 is 0.785. The van der Waals surface area contributed by atoms with Crippen molar-refractivity contribution in [2.24, 2.45) is 0 Å². The molecule has 0 saturated carbocycles. The summed E-state index contributed by atoms with van der Waals surface area (Å²) < 4.78 is 16.2. The van der Waals surface area contributed by atoms with Gasteiger partial charge in [-0.3, -0.25) is 14.5 Å². The van der Waals surface area contributed by atoms with Crippen LogP contribution in [0.3, 0.4) is 0 Å². The minimum atomic E-state index is -0.987. The number of thioether (sulfide) groups is 1. The number of benzene rings is 2. The second-order valence-corrected chi connectivity index (χ2v) is 7.66. The molecule has 0 N–H and O–H groups in total. The summed E-state index contributed by atoms with van der Waals surface area (Å²) in [6.45, 7) is 3.67. The lowest BCUT2D eigenvalue weighted by atomic mass is 10.1. The zero-order valence-corrected chi connectivity index (χ0v) is 18.3. The van der Waals surface area contributed by atoms with Crippen molar-refractivity contribution in [3.8, 4) is 11.5 Å². The van der Waals surface area contributed by atoms with E-state index in [4.69, 9.17) is 14.2 Å². The Morgan fingerprint density at radius 3 is 2.55 bits per heavy atom. The molecule has 1 saturated heterocycles. The number of rotatable bonds is 8. The average Bonchev–Trinajstić information content (AvgIpc) is 3.05. The lowest BCUT2D eigenvalue weighted by Gasteiger charge is -2.19. The Hall–Kier alpha value is -3.26. The molecule has 1 fully saturated rings. The molecule has 0 aromatic heterocycles. The number of amides is 2. The fraction of sp³-hybridized carbons (Fsp3) is 0.261. The molecule has 8 heteroatoms. The van der Waals surface area contributed by atoms with Crippen molar-refractivity contribution in [3.63, 3.8) is 0 Å². The van der Waals surface area contributed by atoms with Gasteiger partial charge in [0.1, 0.15) is 12.6 Å². The van der Waals surface area contributed by atoms with Crippen LogP contribution in [0.15, 0.2) is 53.4 Å². The highest BCUT2D eigenvalue weighted by Gasteiger charge is 2.41. The second-order valence-electron chi connectivity index (χ2n) is 6.66. The molecular formula is C23H23NO6S. The van der Waals surface area contributed by atoms with Crippen molar-refractivity contribution in [2.45, 2.75) is 26.5 Å². The van der Waals surface area contributed by atoms with Gasteiger partial charge in [-0.2, -0.15) is 0 Å². The first kappa shape index (κ1) is 22.4. The van der Waals surface area contributed by atoms with E-state index < -0.39 is 23.2 Å². The van der Waals surface area contributed by atoms with Gasteiger partial charge in [0.2, 0.25) is 0 Å². The second kappa shape index (κ2) is 10.2. The topological polar surface area (TPSA) is 82.1 Å². The molecule has 2 aromatic rings. The van der Waals surface area contributed by atoms with Gasteiger partial charge < -0.3 is 14.2 Å². The van der Waals surface area contributed by atoms with E-state index in [0.29, 0.717) is 23.7 Å². The summed E-state index contributed by atoms with van der Waals surface area (Å²) in [5.41, 5.74) is 1.67. The van der Waals surface area contributed by atoms with Crippen LogP contribution in [0.4, 0.5) is 4.79 Å². The van der Waals surface area contributed by atoms with Crippen LogP contribution in [-0.4, -0.2) is 41.8 Å². The van der Waals surface area contributed by atoms with Crippen LogP contribution in [0.1, 0.15) is 25.0 Å². The molecule has 0 spiro atoms. The third-order valence-electron chi connectivity index (χ3n) is 4.56.